The van der Waals surface area contributed by atoms with Gasteiger partial charge in [0, 0.05) is 25.4 Å². The van der Waals surface area contributed by atoms with E-state index in [4.69, 9.17) is 14.2 Å². The third-order valence-corrected chi connectivity index (χ3v) is 9.67. The minimum absolute atomic E-state index is 0.0727. The van der Waals surface area contributed by atoms with Gasteiger partial charge in [0.05, 0.1) is 12.0 Å². The maximum atomic E-state index is 14.6. The molecule has 2 bridgehead atoms. The van der Waals surface area contributed by atoms with Crippen molar-refractivity contribution in [3.05, 3.63) is 35.7 Å². The Bertz CT molecular complexity index is 1130. The number of carbonyl (C=O) groups excluding carboxylic acids is 1. The average molecular weight is 469 g/mol. The molecule has 0 amide bonds. The molecule has 1 saturated heterocycles. The Morgan fingerprint density at radius 2 is 2.00 bits per heavy atom. The molecule has 2 saturated carbocycles. The van der Waals surface area contributed by atoms with E-state index < -0.39 is 29.0 Å². The van der Waals surface area contributed by atoms with Crippen molar-refractivity contribution in [1.29, 1.82) is 0 Å². The van der Waals surface area contributed by atoms with Gasteiger partial charge in [0.25, 0.3) is 6.01 Å². The number of ether oxygens (including phenoxy) is 3. The summed E-state index contributed by atoms with van der Waals surface area (Å²) in [6.07, 6.45) is 6.94. The van der Waals surface area contributed by atoms with Crippen molar-refractivity contribution < 1.29 is 24.1 Å². The van der Waals surface area contributed by atoms with Crippen LogP contribution in [-0.2, 0) is 21.3 Å². The van der Waals surface area contributed by atoms with E-state index in [9.17, 15) is 9.90 Å². The molecule has 0 aromatic carbocycles. The van der Waals surface area contributed by atoms with Crippen LogP contribution in [0, 0.1) is 34.5 Å². The summed E-state index contributed by atoms with van der Waals surface area (Å²) >= 11 is 0. The molecular formula is C27H36N2O5. The summed E-state index contributed by atoms with van der Waals surface area (Å²) < 4.78 is 20.8. The molecule has 4 aliphatic carbocycles. The number of aryl methyl sites for hydroxylation is 1. The van der Waals surface area contributed by atoms with Crippen molar-refractivity contribution in [2.45, 2.75) is 71.6 Å². The molecule has 1 spiro atoms. The normalized spacial score (nSPS) is 45.7. The lowest BCUT2D eigenvalue weighted by Crippen LogP contribution is -2.68. The van der Waals surface area contributed by atoms with E-state index in [2.05, 4.69) is 31.8 Å². The van der Waals surface area contributed by atoms with Gasteiger partial charge < -0.3 is 23.9 Å². The highest BCUT2D eigenvalue weighted by molar-refractivity contribution is 5.95. The molecule has 8 atom stereocenters. The Hall–Kier alpha value is -1.96. The number of allylic oxidation sites excluding steroid dienone is 1. The third kappa shape index (κ3) is 2.58. The number of Topliss-reactive ketones (excluding diaryl/α,β-unsaturated/α-hetero) is 1. The minimum atomic E-state index is -1.62. The summed E-state index contributed by atoms with van der Waals surface area (Å²) in [5, 5.41) is 13.0. The molecular weight excluding hydrogens is 432 g/mol. The Labute approximate surface area is 201 Å². The van der Waals surface area contributed by atoms with Gasteiger partial charge in [-0.2, -0.15) is 0 Å². The Morgan fingerprint density at radius 1 is 1.26 bits per heavy atom. The smallest absolute Gasteiger partial charge is 0.296 e. The highest BCUT2D eigenvalue weighted by atomic mass is 16.7. The number of carbonyl (C=O) groups is 1. The van der Waals surface area contributed by atoms with E-state index >= 15 is 0 Å². The standard InChI is InChI=1S/C27H36N2O5/c1-14-12-26-15(2)10-18-19(24(18,3)4)17(20(26)30)11-16-13-32-25(5,6)34-22(16)27(26,31)21(14)33-23-28-8-9-29(23)7/h8-9,11-12,15,17-19,21-22,31H,10,13H2,1-7H3/t15-,17+,18-,19+,21+,22-,26+,27-/m1/s1. The molecule has 3 fully saturated rings. The second-order valence-corrected chi connectivity index (χ2v) is 12.3. The summed E-state index contributed by atoms with van der Waals surface area (Å²) in [4.78, 5) is 19.0. The molecule has 184 valence electrons. The predicted octanol–water partition coefficient (Wildman–Crippen LogP) is 3.43. The van der Waals surface area contributed by atoms with Crippen LogP contribution in [0.3, 0.4) is 0 Å². The van der Waals surface area contributed by atoms with Gasteiger partial charge in [-0.3, -0.25) is 4.79 Å². The zero-order valence-electron chi connectivity index (χ0n) is 21.2. The van der Waals surface area contributed by atoms with E-state index in [0.717, 1.165) is 17.6 Å². The highest BCUT2D eigenvalue weighted by Gasteiger charge is 2.77. The maximum Gasteiger partial charge on any atom is 0.296 e. The van der Waals surface area contributed by atoms with Gasteiger partial charge in [-0.25, -0.2) is 4.98 Å². The first-order valence-electron chi connectivity index (χ1n) is 12.5. The van der Waals surface area contributed by atoms with Crippen molar-refractivity contribution in [1.82, 2.24) is 9.55 Å². The van der Waals surface area contributed by atoms with Gasteiger partial charge in [0.2, 0.25) is 0 Å². The fourth-order valence-electron chi connectivity index (χ4n) is 7.87. The van der Waals surface area contributed by atoms with Gasteiger partial charge in [-0.05, 0) is 61.5 Å². The Morgan fingerprint density at radius 3 is 2.68 bits per heavy atom. The van der Waals surface area contributed by atoms with Crippen LogP contribution in [-0.4, -0.2) is 50.6 Å². The number of ketones is 1. The van der Waals surface area contributed by atoms with Gasteiger partial charge >= 0.3 is 0 Å². The van der Waals surface area contributed by atoms with E-state index in [0.29, 0.717) is 18.5 Å². The third-order valence-electron chi connectivity index (χ3n) is 9.67. The summed E-state index contributed by atoms with van der Waals surface area (Å²) in [5.41, 5.74) is -0.955. The highest BCUT2D eigenvalue weighted by Crippen LogP contribution is 2.72. The van der Waals surface area contributed by atoms with E-state index in [1.54, 1.807) is 17.0 Å². The van der Waals surface area contributed by atoms with Crippen LogP contribution < -0.4 is 4.74 Å². The Balaban J connectivity index is 1.57. The molecule has 1 aliphatic heterocycles. The summed E-state index contributed by atoms with van der Waals surface area (Å²) in [6.45, 7) is 12.7. The van der Waals surface area contributed by atoms with Crippen molar-refractivity contribution in [2.24, 2.45) is 41.5 Å². The maximum absolute atomic E-state index is 14.6. The molecule has 6 rings (SSSR count). The minimum Gasteiger partial charge on any atom is -0.454 e. The molecule has 0 unspecified atom stereocenters. The summed E-state index contributed by atoms with van der Waals surface area (Å²) in [6, 6.07) is 0.401. The molecule has 0 radical (unpaired) electrons. The monoisotopic (exact) mass is 468 g/mol. The predicted molar refractivity (Wildman–Crippen MR) is 125 cm³/mol. The quantitative estimate of drug-likeness (QED) is 0.670. The van der Waals surface area contributed by atoms with Crippen molar-refractivity contribution in [3.63, 3.8) is 0 Å². The summed E-state index contributed by atoms with van der Waals surface area (Å²) in [7, 11) is 1.85. The van der Waals surface area contributed by atoms with Gasteiger partial charge in [0.1, 0.15) is 6.10 Å². The second kappa shape index (κ2) is 6.62. The number of aromatic nitrogens is 2. The first-order valence-corrected chi connectivity index (χ1v) is 12.5. The molecule has 1 aromatic heterocycles. The lowest BCUT2D eigenvalue weighted by Gasteiger charge is -2.52. The largest absolute Gasteiger partial charge is 0.454 e. The van der Waals surface area contributed by atoms with Gasteiger partial charge in [0.15, 0.2) is 23.3 Å². The number of hydrogen-bond donors (Lipinski definition) is 1. The first-order chi connectivity index (χ1) is 15.8. The van der Waals surface area contributed by atoms with Gasteiger partial charge in [-0.1, -0.05) is 32.9 Å². The molecule has 5 aliphatic rings. The number of aliphatic hydroxyl groups is 1. The number of nitrogens with zero attached hydrogens (tertiary/aromatic N) is 2. The second-order valence-electron chi connectivity index (χ2n) is 12.3. The SMILES string of the molecule is CC1=C[C@]23C(=O)[C@@H](C=C4COC(C)(C)O[C@H]4[C@]2(O)[C@H]1Oc1nccn1C)[C@H]1[C@@H](C[C@H]3C)C1(C)C. The number of imidazole rings is 1. The van der Waals surface area contributed by atoms with Crippen LogP contribution in [0.25, 0.3) is 0 Å². The molecule has 7 nitrogen and oxygen atoms in total. The van der Waals surface area contributed by atoms with E-state index in [-0.39, 0.29) is 29.0 Å². The zero-order chi connectivity index (χ0) is 24.4. The van der Waals surface area contributed by atoms with Crippen LogP contribution >= 0.6 is 0 Å². The Kier molecular flexibility index (Phi) is 4.38. The van der Waals surface area contributed by atoms with Crippen LogP contribution in [0.5, 0.6) is 6.01 Å². The molecule has 2 heterocycles. The van der Waals surface area contributed by atoms with Gasteiger partial charge in [-0.15, -0.1) is 0 Å². The lowest BCUT2D eigenvalue weighted by atomic mass is 9.59. The topological polar surface area (TPSA) is 82.8 Å². The van der Waals surface area contributed by atoms with Crippen molar-refractivity contribution >= 4 is 5.78 Å². The van der Waals surface area contributed by atoms with Crippen molar-refractivity contribution in [2.75, 3.05) is 6.61 Å². The van der Waals surface area contributed by atoms with Crippen LogP contribution in [0.4, 0.5) is 0 Å². The average Bonchev–Trinajstić information content (AvgIpc) is 3.01. The fraction of sp³-hybridized carbons (Fsp3) is 0.704. The van der Waals surface area contributed by atoms with E-state index in [1.807, 2.05) is 33.9 Å². The van der Waals surface area contributed by atoms with Crippen molar-refractivity contribution in [3.8, 4) is 6.01 Å². The molecule has 1 N–H and O–H groups in total. The zero-order valence-corrected chi connectivity index (χ0v) is 21.2. The molecule has 1 aromatic rings. The number of fused-ring (bicyclic) bond motifs is 5. The van der Waals surface area contributed by atoms with Crippen LogP contribution in [0.15, 0.2) is 35.7 Å². The first kappa shape index (κ1) is 22.5. The molecule has 34 heavy (non-hydrogen) atoms. The number of rotatable bonds is 2. The lowest BCUT2D eigenvalue weighted by molar-refractivity contribution is -0.301. The van der Waals surface area contributed by atoms with Crippen LogP contribution in [0.1, 0.15) is 48.0 Å². The fourth-order valence-corrected chi connectivity index (χ4v) is 7.87. The molecule has 7 heteroatoms. The van der Waals surface area contributed by atoms with Crippen LogP contribution in [0.2, 0.25) is 0 Å². The number of hydrogen-bond acceptors (Lipinski definition) is 6. The van der Waals surface area contributed by atoms with E-state index in [1.165, 1.54) is 0 Å². The summed E-state index contributed by atoms with van der Waals surface area (Å²) in [5.74, 6) is -0.452.